The minimum atomic E-state index is -0.598. The standard InChI is InChI=1S/C27H33ClN6O4/c1-18-14-34(26(36)37-17-19-8-6-5-7-9-19)20(10-12-29)15-33(18)23-21-11-13-32(25(35)38-27(2,3)4)16-22(21)30-24(28)31-23/h5-9,18,20H,10-11,13-17H2,1-4H3/t18-,20-/m0/s1. The van der Waals surface area contributed by atoms with Crippen LogP contribution in [-0.4, -0.2) is 69.3 Å². The van der Waals surface area contributed by atoms with Gasteiger partial charge in [0.15, 0.2) is 0 Å². The molecule has 0 radical (unpaired) electrons. The first-order valence-electron chi connectivity index (χ1n) is 12.7. The Morgan fingerprint density at radius 2 is 1.89 bits per heavy atom. The van der Waals surface area contributed by atoms with Crippen LogP contribution in [0.5, 0.6) is 0 Å². The van der Waals surface area contributed by atoms with E-state index in [0.29, 0.717) is 37.6 Å². The summed E-state index contributed by atoms with van der Waals surface area (Å²) in [6.45, 7) is 9.13. The fourth-order valence-corrected chi connectivity index (χ4v) is 4.92. The molecule has 2 amide bonds. The van der Waals surface area contributed by atoms with Crippen LogP contribution in [0.3, 0.4) is 0 Å². The van der Waals surface area contributed by atoms with Gasteiger partial charge in [-0.15, -0.1) is 0 Å². The predicted octanol–water partition coefficient (Wildman–Crippen LogP) is 4.55. The molecule has 38 heavy (non-hydrogen) atoms. The molecular weight excluding hydrogens is 508 g/mol. The second-order valence-corrected chi connectivity index (χ2v) is 10.9. The molecule has 2 aromatic rings. The van der Waals surface area contributed by atoms with Gasteiger partial charge >= 0.3 is 12.2 Å². The van der Waals surface area contributed by atoms with Gasteiger partial charge in [-0.05, 0) is 51.3 Å². The molecule has 1 aromatic heterocycles. The number of aromatic nitrogens is 2. The molecule has 0 spiro atoms. The number of carbonyl (C=O) groups is 2. The maximum Gasteiger partial charge on any atom is 0.410 e. The van der Waals surface area contributed by atoms with Gasteiger partial charge in [-0.3, -0.25) is 0 Å². The monoisotopic (exact) mass is 540 g/mol. The smallest absolute Gasteiger partial charge is 0.410 e. The van der Waals surface area contributed by atoms with Gasteiger partial charge in [0, 0.05) is 31.2 Å². The molecule has 0 aliphatic carbocycles. The third-order valence-corrected chi connectivity index (χ3v) is 6.72. The maximum absolute atomic E-state index is 13.0. The lowest BCUT2D eigenvalue weighted by atomic mass is 10.0. The maximum atomic E-state index is 13.0. The first-order chi connectivity index (χ1) is 18.1. The van der Waals surface area contributed by atoms with E-state index < -0.39 is 17.8 Å². The van der Waals surface area contributed by atoms with E-state index in [4.69, 9.17) is 21.1 Å². The third-order valence-electron chi connectivity index (χ3n) is 6.55. The summed E-state index contributed by atoms with van der Waals surface area (Å²) >= 11 is 6.34. The Bertz CT molecular complexity index is 1210. The van der Waals surface area contributed by atoms with E-state index in [1.54, 1.807) is 9.80 Å². The Morgan fingerprint density at radius 1 is 1.16 bits per heavy atom. The molecule has 0 unspecified atom stereocenters. The van der Waals surface area contributed by atoms with Crippen LogP contribution in [-0.2, 0) is 29.0 Å². The fourth-order valence-electron chi connectivity index (χ4n) is 4.74. The number of nitrogens with zero attached hydrogens (tertiary/aromatic N) is 6. The van der Waals surface area contributed by atoms with Gasteiger partial charge in [-0.1, -0.05) is 30.3 Å². The molecule has 11 heteroatoms. The van der Waals surface area contributed by atoms with Gasteiger partial charge in [-0.25, -0.2) is 19.6 Å². The molecule has 2 aliphatic rings. The number of nitriles is 1. The number of halogens is 1. The highest BCUT2D eigenvalue weighted by Gasteiger charge is 2.38. The minimum Gasteiger partial charge on any atom is -0.445 e. The molecule has 3 heterocycles. The Balaban J connectivity index is 1.52. The Kier molecular flexibility index (Phi) is 8.26. The molecule has 0 saturated carbocycles. The number of hydrogen-bond acceptors (Lipinski definition) is 8. The van der Waals surface area contributed by atoms with E-state index in [1.165, 1.54) is 0 Å². The lowest BCUT2D eigenvalue weighted by molar-refractivity contribution is 0.0220. The summed E-state index contributed by atoms with van der Waals surface area (Å²) in [6.07, 6.45) is -0.159. The summed E-state index contributed by atoms with van der Waals surface area (Å²) in [7, 11) is 0. The number of carbonyl (C=O) groups excluding carboxylic acids is 2. The van der Waals surface area contributed by atoms with Crippen molar-refractivity contribution in [3.05, 3.63) is 52.4 Å². The fraction of sp³-hybridized carbons (Fsp3) is 0.519. The van der Waals surface area contributed by atoms with Crippen LogP contribution >= 0.6 is 11.6 Å². The zero-order valence-corrected chi connectivity index (χ0v) is 22.9. The Hall–Kier alpha value is -3.58. The second kappa shape index (κ2) is 11.4. The molecule has 1 fully saturated rings. The quantitative estimate of drug-likeness (QED) is 0.519. The summed E-state index contributed by atoms with van der Waals surface area (Å²) < 4.78 is 11.1. The lowest BCUT2D eigenvalue weighted by Gasteiger charge is -2.45. The molecular formula is C27H33ClN6O4. The normalized spacial score (nSPS) is 19.4. The highest BCUT2D eigenvalue weighted by molar-refractivity contribution is 6.28. The number of piperazine rings is 1. The highest BCUT2D eigenvalue weighted by Crippen LogP contribution is 2.32. The largest absolute Gasteiger partial charge is 0.445 e. The van der Waals surface area contributed by atoms with Crippen molar-refractivity contribution in [2.75, 3.05) is 24.5 Å². The van der Waals surface area contributed by atoms with Gasteiger partial charge in [0.05, 0.1) is 30.8 Å². The van der Waals surface area contributed by atoms with Crippen LogP contribution in [0, 0.1) is 11.3 Å². The molecule has 202 valence electrons. The van der Waals surface area contributed by atoms with Gasteiger partial charge in [0.1, 0.15) is 18.0 Å². The third kappa shape index (κ3) is 6.45. The summed E-state index contributed by atoms with van der Waals surface area (Å²) in [6, 6.07) is 11.2. The SMILES string of the molecule is C[C@H]1CN(C(=O)OCc2ccccc2)[C@@H](CC#N)CN1c1nc(Cl)nc2c1CCN(C(=O)OC(C)(C)C)C2. The number of amides is 2. The van der Waals surface area contributed by atoms with Gasteiger partial charge in [0.2, 0.25) is 5.28 Å². The number of fused-ring (bicyclic) bond motifs is 1. The van der Waals surface area contributed by atoms with E-state index >= 15 is 0 Å². The average molecular weight is 541 g/mol. The van der Waals surface area contributed by atoms with Gasteiger partial charge in [0.25, 0.3) is 0 Å². The van der Waals surface area contributed by atoms with E-state index in [9.17, 15) is 14.9 Å². The summed E-state index contributed by atoms with van der Waals surface area (Å²) in [5.74, 6) is 0.677. The first-order valence-corrected chi connectivity index (χ1v) is 13.1. The van der Waals surface area contributed by atoms with E-state index in [1.807, 2.05) is 58.0 Å². The molecule has 2 atom stereocenters. The number of anilines is 1. The highest BCUT2D eigenvalue weighted by atomic mass is 35.5. The van der Waals surface area contributed by atoms with Crippen LogP contribution in [0.15, 0.2) is 30.3 Å². The predicted molar refractivity (Wildman–Crippen MR) is 142 cm³/mol. The second-order valence-electron chi connectivity index (χ2n) is 10.6. The Morgan fingerprint density at radius 3 is 2.58 bits per heavy atom. The minimum absolute atomic E-state index is 0.0820. The molecule has 0 bridgehead atoms. The molecule has 2 aliphatic heterocycles. The van der Waals surface area contributed by atoms with Crippen LogP contribution in [0.25, 0.3) is 0 Å². The number of hydrogen-bond donors (Lipinski definition) is 0. The van der Waals surface area contributed by atoms with E-state index in [-0.39, 0.29) is 36.9 Å². The topological polar surface area (TPSA) is 112 Å². The zero-order valence-electron chi connectivity index (χ0n) is 22.2. The summed E-state index contributed by atoms with van der Waals surface area (Å²) in [5, 5.41) is 9.59. The summed E-state index contributed by atoms with van der Waals surface area (Å²) in [4.78, 5) is 40.0. The molecule has 1 saturated heterocycles. The zero-order chi connectivity index (χ0) is 27.4. The molecule has 10 nitrogen and oxygen atoms in total. The van der Waals surface area contributed by atoms with E-state index in [0.717, 1.165) is 11.1 Å². The molecule has 1 aromatic carbocycles. The number of ether oxygens (including phenoxy) is 2. The van der Waals surface area contributed by atoms with Crippen molar-refractivity contribution in [3.8, 4) is 6.07 Å². The summed E-state index contributed by atoms with van der Waals surface area (Å²) in [5.41, 5.74) is 1.88. The average Bonchev–Trinajstić information content (AvgIpc) is 2.87. The van der Waals surface area contributed by atoms with Crippen molar-refractivity contribution in [2.45, 2.75) is 71.4 Å². The van der Waals surface area contributed by atoms with Crippen molar-refractivity contribution in [1.82, 2.24) is 19.8 Å². The molecule has 0 N–H and O–H groups in total. The van der Waals surface area contributed by atoms with Crippen molar-refractivity contribution < 1.29 is 19.1 Å². The van der Waals surface area contributed by atoms with Crippen molar-refractivity contribution in [3.63, 3.8) is 0 Å². The van der Waals surface area contributed by atoms with Crippen LogP contribution in [0.1, 0.15) is 50.9 Å². The van der Waals surface area contributed by atoms with Crippen LogP contribution in [0.4, 0.5) is 15.4 Å². The lowest BCUT2D eigenvalue weighted by Crippen LogP contribution is -2.59. The number of benzene rings is 1. The Labute approximate surface area is 228 Å². The number of rotatable bonds is 4. The van der Waals surface area contributed by atoms with Crippen molar-refractivity contribution in [1.29, 1.82) is 5.26 Å². The van der Waals surface area contributed by atoms with Crippen LogP contribution in [0.2, 0.25) is 5.28 Å². The van der Waals surface area contributed by atoms with Crippen molar-refractivity contribution >= 4 is 29.6 Å². The van der Waals surface area contributed by atoms with Gasteiger partial charge < -0.3 is 24.2 Å². The van der Waals surface area contributed by atoms with Gasteiger partial charge in [-0.2, -0.15) is 5.26 Å². The van der Waals surface area contributed by atoms with Crippen LogP contribution < -0.4 is 4.90 Å². The first kappa shape index (κ1) is 27.5. The molecule has 4 rings (SSSR count). The van der Waals surface area contributed by atoms with Crippen molar-refractivity contribution in [2.24, 2.45) is 0 Å². The van der Waals surface area contributed by atoms with E-state index in [2.05, 4.69) is 20.9 Å².